The maximum absolute atomic E-state index is 12.3. The Kier molecular flexibility index (Phi) is 3.50. The topological polar surface area (TPSA) is 89.8 Å². The first kappa shape index (κ1) is 14.7. The van der Waals surface area contributed by atoms with E-state index in [2.05, 4.69) is 19.8 Å². The summed E-state index contributed by atoms with van der Waals surface area (Å²) in [4.78, 5) is 8.00. The van der Waals surface area contributed by atoms with Crippen LogP contribution in [0.15, 0.2) is 35.6 Å². The highest BCUT2D eigenvalue weighted by molar-refractivity contribution is 7.92. The first-order valence-corrected chi connectivity index (χ1v) is 8.16. The number of fused-ring (bicyclic) bond motifs is 1. The smallest absolute Gasteiger partial charge is 0.263 e. The molecule has 0 radical (unpaired) electrons. The van der Waals surface area contributed by atoms with Crippen LogP contribution in [0.5, 0.6) is 0 Å². The lowest BCUT2D eigenvalue weighted by atomic mass is 10.3. The monoisotopic (exact) mass is 337 g/mol. The second-order valence-corrected chi connectivity index (χ2v) is 6.87. The van der Waals surface area contributed by atoms with Crippen molar-refractivity contribution in [3.63, 3.8) is 0 Å². The Morgan fingerprint density at radius 1 is 1.23 bits per heavy atom. The van der Waals surface area contributed by atoms with Crippen LogP contribution < -0.4 is 4.72 Å². The Morgan fingerprint density at radius 3 is 2.73 bits per heavy atom. The van der Waals surface area contributed by atoms with Gasteiger partial charge in [0, 0.05) is 24.8 Å². The van der Waals surface area contributed by atoms with Crippen molar-refractivity contribution in [1.29, 1.82) is 0 Å². The number of rotatable bonds is 3. The number of aromatic nitrogens is 4. The van der Waals surface area contributed by atoms with Gasteiger partial charge in [-0.3, -0.25) is 14.4 Å². The van der Waals surface area contributed by atoms with Crippen molar-refractivity contribution in [2.75, 3.05) is 4.72 Å². The lowest BCUT2D eigenvalue weighted by Crippen LogP contribution is -2.13. The lowest BCUT2D eigenvalue weighted by molar-refractivity contribution is 0.601. The molecular formula is C13H12ClN5O2S. The molecule has 0 aliphatic rings. The van der Waals surface area contributed by atoms with E-state index < -0.39 is 10.0 Å². The van der Waals surface area contributed by atoms with E-state index in [1.807, 2.05) is 6.92 Å². The third-order valence-electron chi connectivity index (χ3n) is 3.11. The van der Waals surface area contributed by atoms with E-state index in [1.165, 1.54) is 24.7 Å². The van der Waals surface area contributed by atoms with Gasteiger partial charge in [-0.2, -0.15) is 5.10 Å². The third kappa shape index (κ3) is 2.62. The Balaban J connectivity index is 2.00. The largest absolute Gasteiger partial charge is 0.278 e. The van der Waals surface area contributed by atoms with Crippen LogP contribution in [0.2, 0.25) is 5.02 Å². The molecule has 0 bridgehead atoms. The summed E-state index contributed by atoms with van der Waals surface area (Å²) in [5, 5.41) is 5.28. The molecule has 3 heterocycles. The van der Waals surface area contributed by atoms with E-state index in [0.717, 1.165) is 11.1 Å². The number of aryl methyl sites for hydroxylation is 2. The second kappa shape index (κ2) is 5.22. The molecule has 1 N–H and O–H groups in total. The predicted molar refractivity (Wildman–Crippen MR) is 83.3 cm³/mol. The molecule has 0 saturated carbocycles. The molecule has 0 atom stereocenters. The molecule has 9 heteroatoms. The van der Waals surface area contributed by atoms with E-state index in [9.17, 15) is 8.42 Å². The Labute approximate surface area is 132 Å². The molecule has 0 spiro atoms. The van der Waals surface area contributed by atoms with Crippen molar-refractivity contribution in [3.05, 3.63) is 41.4 Å². The summed E-state index contributed by atoms with van der Waals surface area (Å²) in [7, 11) is -1.99. The van der Waals surface area contributed by atoms with Crippen molar-refractivity contribution in [3.8, 4) is 0 Å². The standard InChI is InChI=1S/C13H12ClN5O2S/c1-8-12-4-10(6-16-13(12)19(2)17-8)18-22(20,21)11-3-9(14)5-15-7-11/h3-7,18H,1-2H3. The van der Waals surface area contributed by atoms with E-state index in [-0.39, 0.29) is 9.92 Å². The van der Waals surface area contributed by atoms with Gasteiger partial charge in [0.2, 0.25) is 0 Å². The van der Waals surface area contributed by atoms with Crippen molar-refractivity contribution in [2.24, 2.45) is 7.05 Å². The Morgan fingerprint density at radius 2 is 2.00 bits per heavy atom. The highest BCUT2D eigenvalue weighted by Gasteiger charge is 2.16. The minimum Gasteiger partial charge on any atom is -0.278 e. The Bertz CT molecular complexity index is 968. The zero-order valence-corrected chi connectivity index (χ0v) is 13.4. The molecule has 3 aromatic heterocycles. The summed E-state index contributed by atoms with van der Waals surface area (Å²) in [6.07, 6.45) is 4.04. The second-order valence-electron chi connectivity index (χ2n) is 4.75. The number of nitrogens with one attached hydrogen (secondary N) is 1. The summed E-state index contributed by atoms with van der Waals surface area (Å²) in [6.45, 7) is 1.84. The fraction of sp³-hybridized carbons (Fsp3) is 0.154. The zero-order valence-electron chi connectivity index (χ0n) is 11.8. The van der Waals surface area contributed by atoms with Gasteiger partial charge >= 0.3 is 0 Å². The molecule has 114 valence electrons. The highest BCUT2D eigenvalue weighted by atomic mass is 35.5. The number of hydrogen-bond donors (Lipinski definition) is 1. The highest BCUT2D eigenvalue weighted by Crippen LogP contribution is 2.22. The minimum absolute atomic E-state index is 0.0111. The van der Waals surface area contributed by atoms with E-state index in [4.69, 9.17) is 11.6 Å². The number of hydrogen-bond acceptors (Lipinski definition) is 5. The van der Waals surface area contributed by atoms with E-state index in [0.29, 0.717) is 11.3 Å². The quantitative estimate of drug-likeness (QED) is 0.790. The van der Waals surface area contributed by atoms with E-state index >= 15 is 0 Å². The summed E-state index contributed by atoms with van der Waals surface area (Å²) in [6, 6.07) is 3.03. The molecule has 0 fully saturated rings. The van der Waals surface area contributed by atoms with Crippen LogP contribution in [0.1, 0.15) is 5.69 Å². The number of sulfonamides is 1. The summed E-state index contributed by atoms with van der Waals surface area (Å²) < 4.78 is 28.8. The van der Waals surface area contributed by atoms with Crippen LogP contribution in [0, 0.1) is 6.92 Å². The number of nitrogens with zero attached hydrogens (tertiary/aromatic N) is 4. The molecule has 0 aliphatic carbocycles. The number of anilines is 1. The van der Waals surface area contributed by atoms with Gasteiger partial charge in [-0.05, 0) is 19.1 Å². The predicted octanol–water partition coefficient (Wildman–Crippen LogP) is 2.13. The number of pyridine rings is 2. The molecular weight excluding hydrogens is 326 g/mol. The fourth-order valence-electron chi connectivity index (χ4n) is 2.12. The first-order chi connectivity index (χ1) is 10.4. The van der Waals surface area contributed by atoms with Crippen molar-refractivity contribution < 1.29 is 8.42 Å². The molecule has 0 saturated heterocycles. The average Bonchev–Trinajstić information content (AvgIpc) is 2.73. The van der Waals surface area contributed by atoms with Crippen LogP contribution in [-0.4, -0.2) is 28.2 Å². The molecule has 3 rings (SSSR count). The Hall–Kier alpha value is -2.19. The molecule has 7 nitrogen and oxygen atoms in total. The molecule has 22 heavy (non-hydrogen) atoms. The maximum atomic E-state index is 12.3. The molecule has 0 unspecified atom stereocenters. The van der Waals surface area contributed by atoms with Crippen LogP contribution in [-0.2, 0) is 17.1 Å². The zero-order chi connectivity index (χ0) is 15.9. The minimum atomic E-state index is -3.77. The number of halogens is 1. The van der Waals surface area contributed by atoms with Gasteiger partial charge in [-0.1, -0.05) is 11.6 Å². The normalized spacial score (nSPS) is 11.8. The van der Waals surface area contributed by atoms with Gasteiger partial charge < -0.3 is 0 Å². The van der Waals surface area contributed by atoms with Crippen LogP contribution in [0.3, 0.4) is 0 Å². The summed E-state index contributed by atoms with van der Waals surface area (Å²) in [5.41, 5.74) is 1.81. The van der Waals surface area contributed by atoms with Crippen LogP contribution >= 0.6 is 11.6 Å². The summed E-state index contributed by atoms with van der Waals surface area (Å²) in [5.74, 6) is 0. The molecule has 3 aromatic rings. The maximum Gasteiger partial charge on any atom is 0.263 e. The van der Waals surface area contributed by atoms with Crippen LogP contribution in [0.25, 0.3) is 11.0 Å². The van der Waals surface area contributed by atoms with Gasteiger partial charge in [0.05, 0.1) is 22.6 Å². The van der Waals surface area contributed by atoms with Crippen molar-refractivity contribution in [2.45, 2.75) is 11.8 Å². The van der Waals surface area contributed by atoms with Gasteiger partial charge in [0.15, 0.2) is 5.65 Å². The fourth-order valence-corrected chi connectivity index (χ4v) is 3.38. The van der Waals surface area contributed by atoms with Gasteiger partial charge in [-0.15, -0.1) is 0 Å². The summed E-state index contributed by atoms with van der Waals surface area (Å²) >= 11 is 5.78. The molecule has 0 aliphatic heterocycles. The van der Waals surface area contributed by atoms with Gasteiger partial charge in [-0.25, -0.2) is 13.4 Å². The van der Waals surface area contributed by atoms with Crippen LogP contribution in [0.4, 0.5) is 5.69 Å². The van der Waals surface area contributed by atoms with Gasteiger partial charge in [0.25, 0.3) is 10.0 Å². The molecule has 0 amide bonds. The van der Waals surface area contributed by atoms with E-state index in [1.54, 1.807) is 17.8 Å². The van der Waals surface area contributed by atoms with Crippen molar-refractivity contribution >= 4 is 38.3 Å². The van der Waals surface area contributed by atoms with Gasteiger partial charge in [0.1, 0.15) is 4.90 Å². The first-order valence-electron chi connectivity index (χ1n) is 6.29. The molecule has 0 aromatic carbocycles. The third-order valence-corrected chi connectivity index (χ3v) is 4.66. The lowest BCUT2D eigenvalue weighted by Gasteiger charge is -2.08. The SMILES string of the molecule is Cc1nn(C)c2ncc(NS(=O)(=O)c3cncc(Cl)c3)cc12. The average molecular weight is 338 g/mol. The van der Waals surface area contributed by atoms with Crippen molar-refractivity contribution in [1.82, 2.24) is 19.7 Å².